The molecule has 0 spiro atoms. The fourth-order valence-electron chi connectivity index (χ4n) is 3.13. The smallest absolute Gasteiger partial charge is 0.306 e. The lowest BCUT2D eigenvalue weighted by Gasteiger charge is -2.34. The van der Waals surface area contributed by atoms with E-state index in [1.54, 1.807) is 18.4 Å². The quantitative estimate of drug-likeness (QED) is 0.402. The Bertz CT molecular complexity index is 803. The maximum Gasteiger partial charge on any atom is 0.306 e. The van der Waals surface area contributed by atoms with Crippen molar-refractivity contribution >= 4 is 5.97 Å². The Morgan fingerprint density at radius 1 is 1.00 bits per heavy atom. The maximum atomic E-state index is 12.2. The van der Waals surface area contributed by atoms with Gasteiger partial charge in [-0.1, -0.05) is 66.7 Å². The molecule has 0 unspecified atom stereocenters. The van der Waals surface area contributed by atoms with Crippen LogP contribution in [-0.2, 0) is 37.0 Å². The third-order valence-electron chi connectivity index (χ3n) is 4.71. The van der Waals surface area contributed by atoms with Crippen molar-refractivity contribution in [1.82, 2.24) is 0 Å². The number of hydrogen-bond donors (Lipinski definition) is 0. The predicted molar refractivity (Wildman–Crippen MR) is 114 cm³/mol. The van der Waals surface area contributed by atoms with Crippen LogP contribution in [0, 0.1) is 0 Å². The number of esters is 1. The van der Waals surface area contributed by atoms with Crippen LogP contribution in [0.4, 0.5) is 0 Å². The van der Waals surface area contributed by atoms with Crippen LogP contribution in [0.25, 0.3) is 0 Å². The number of ether oxygens (including phenoxy) is 4. The van der Waals surface area contributed by atoms with Crippen LogP contribution in [0.3, 0.4) is 0 Å². The van der Waals surface area contributed by atoms with E-state index in [2.05, 4.69) is 6.58 Å². The molecular formula is C25H28O5. The third-order valence-corrected chi connectivity index (χ3v) is 4.71. The summed E-state index contributed by atoms with van der Waals surface area (Å²) in [6.07, 6.45) is 4.44. The Kier molecular flexibility index (Phi) is 8.69. The molecule has 3 rings (SSSR count). The standard InChI is InChI=1S/C25H28O5/c1-2-3-14-24(26)30-22-15-16-28-23(19-27-17-20-10-6-4-7-11-20)25(22)29-18-21-12-8-5-9-13-21/h2,4-13,15-16,22-23,25H,1,3,14,17-19H2/t22-,23-,25-/m1/s1. The molecule has 0 saturated heterocycles. The minimum Gasteiger partial charge on any atom is -0.493 e. The molecular weight excluding hydrogens is 380 g/mol. The van der Waals surface area contributed by atoms with Gasteiger partial charge in [0.15, 0.2) is 12.2 Å². The molecule has 1 aliphatic heterocycles. The molecule has 158 valence electrons. The van der Waals surface area contributed by atoms with E-state index in [0.717, 1.165) is 11.1 Å². The van der Waals surface area contributed by atoms with Gasteiger partial charge in [-0.05, 0) is 23.6 Å². The molecule has 30 heavy (non-hydrogen) atoms. The topological polar surface area (TPSA) is 54.0 Å². The highest BCUT2D eigenvalue weighted by Crippen LogP contribution is 2.22. The second kappa shape index (κ2) is 12.0. The molecule has 0 aliphatic carbocycles. The van der Waals surface area contributed by atoms with Crippen molar-refractivity contribution in [3.63, 3.8) is 0 Å². The molecule has 1 aliphatic rings. The van der Waals surface area contributed by atoms with Gasteiger partial charge in [0.1, 0.15) is 6.10 Å². The van der Waals surface area contributed by atoms with Crippen LogP contribution in [0.5, 0.6) is 0 Å². The fourth-order valence-corrected chi connectivity index (χ4v) is 3.13. The summed E-state index contributed by atoms with van der Waals surface area (Å²) >= 11 is 0. The van der Waals surface area contributed by atoms with Crippen molar-refractivity contribution in [2.45, 2.75) is 44.4 Å². The Morgan fingerprint density at radius 3 is 2.33 bits per heavy atom. The molecule has 0 fully saturated rings. The number of rotatable bonds is 11. The van der Waals surface area contributed by atoms with Gasteiger partial charge in [-0.2, -0.15) is 0 Å². The van der Waals surface area contributed by atoms with Crippen molar-refractivity contribution in [2.24, 2.45) is 0 Å². The normalized spacial score (nSPS) is 20.3. The van der Waals surface area contributed by atoms with Crippen molar-refractivity contribution in [1.29, 1.82) is 0 Å². The molecule has 2 aromatic carbocycles. The van der Waals surface area contributed by atoms with Crippen LogP contribution in [0.15, 0.2) is 85.7 Å². The molecule has 0 radical (unpaired) electrons. The Labute approximate surface area is 177 Å². The SMILES string of the molecule is C=CCCC(=O)O[C@@H]1C=CO[C@H](COCc2ccccc2)[C@@H]1OCc1ccccc1. The summed E-state index contributed by atoms with van der Waals surface area (Å²) in [5.41, 5.74) is 2.12. The average Bonchev–Trinajstić information content (AvgIpc) is 2.78. The van der Waals surface area contributed by atoms with Crippen molar-refractivity contribution in [2.75, 3.05) is 6.61 Å². The van der Waals surface area contributed by atoms with E-state index >= 15 is 0 Å². The van der Waals surface area contributed by atoms with Gasteiger partial charge in [0.2, 0.25) is 0 Å². The lowest BCUT2D eigenvalue weighted by atomic mass is 10.1. The van der Waals surface area contributed by atoms with E-state index in [1.807, 2.05) is 60.7 Å². The molecule has 5 heteroatoms. The molecule has 1 heterocycles. The predicted octanol–water partition coefficient (Wildman–Crippen LogP) is 4.58. The molecule has 0 bridgehead atoms. The highest BCUT2D eigenvalue weighted by molar-refractivity contribution is 5.70. The average molecular weight is 408 g/mol. The van der Waals surface area contributed by atoms with Crippen molar-refractivity contribution in [3.8, 4) is 0 Å². The van der Waals surface area contributed by atoms with E-state index in [0.29, 0.717) is 26.2 Å². The zero-order valence-corrected chi connectivity index (χ0v) is 17.0. The van der Waals surface area contributed by atoms with Crippen LogP contribution in [0.2, 0.25) is 0 Å². The molecule has 3 atom stereocenters. The zero-order chi connectivity index (χ0) is 21.0. The molecule has 2 aromatic rings. The van der Waals surface area contributed by atoms with Gasteiger partial charge >= 0.3 is 5.97 Å². The second-order valence-corrected chi connectivity index (χ2v) is 7.05. The molecule has 0 amide bonds. The maximum absolute atomic E-state index is 12.2. The number of carbonyl (C=O) groups is 1. The summed E-state index contributed by atoms with van der Waals surface area (Å²) < 4.78 is 23.4. The van der Waals surface area contributed by atoms with E-state index < -0.39 is 12.2 Å². The first kappa shape index (κ1) is 21.8. The first-order valence-corrected chi connectivity index (χ1v) is 10.2. The van der Waals surface area contributed by atoms with Crippen molar-refractivity contribution < 1.29 is 23.7 Å². The summed E-state index contributed by atoms with van der Waals surface area (Å²) in [4.78, 5) is 12.2. The van der Waals surface area contributed by atoms with E-state index in [9.17, 15) is 4.79 Å². The number of carbonyl (C=O) groups excluding carboxylic acids is 1. The van der Waals surface area contributed by atoms with Gasteiger partial charge in [0.25, 0.3) is 0 Å². The Balaban J connectivity index is 1.62. The largest absolute Gasteiger partial charge is 0.493 e. The van der Waals surface area contributed by atoms with Gasteiger partial charge < -0.3 is 18.9 Å². The monoisotopic (exact) mass is 408 g/mol. The first-order chi connectivity index (χ1) is 14.8. The number of allylic oxidation sites excluding steroid dienone is 1. The van der Waals surface area contributed by atoms with Gasteiger partial charge in [0, 0.05) is 6.42 Å². The van der Waals surface area contributed by atoms with Crippen LogP contribution < -0.4 is 0 Å². The van der Waals surface area contributed by atoms with Gasteiger partial charge in [0.05, 0.1) is 26.1 Å². The van der Waals surface area contributed by atoms with Gasteiger partial charge in [-0.25, -0.2) is 0 Å². The molecule has 5 nitrogen and oxygen atoms in total. The zero-order valence-electron chi connectivity index (χ0n) is 17.0. The highest BCUT2D eigenvalue weighted by atomic mass is 16.6. The van der Waals surface area contributed by atoms with Crippen molar-refractivity contribution in [3.05, 3.63) is 96.8 Å². The molecule has 0 aromatic heterocycles. The van der Waals surface area contributed by atoms with Crippen LogP contribution >= 0.6 is 0 Å². The number of hydrogen-bond acceptors (Lipinski definition) is 5. The summed E-state index contributed by atoms with van der Waals surface area (Å²) in [6.45, 7) is 4.82. The lowest BCUT2D eigenvalue weighted by Crippen LogP contribution is -2.46. The summed E-state index contributed by atoms with van der Waals surface area (Å²) in [5.74, 6) is -0.288. The summed E-state index contributed by atoms with van der Waals surface area (Å²) in [6, 6.07) is 19.8. The highest BCUT2D eigenvalue weighted by Gasteiger charge is 2.36. The summed E-state index contributed by atoms with van der Waals surface area (Å²) in [5, 5.41) is 0. The van der Waals surface area contributed by atoms with Crippen LogP contribution in [-0.4, -0.2) is 30.9 Å². The van der Waals surface area contributed by atoms with Gasteiger partial charge in [-0.3, -0.25) is 4.79 Å². The minimum absolute atomic E-state index is 0.287. The summed E-state index contributed by atoms with van der Waals surface area (Å²) in [7, 11) is 0. The minimum atomic E-state index is -0.537. The molecule has 0 N–H and O–H groups in total. The second-order valence-electron chi connectivity index (χ2n) is 7.05. The first-order valence-electron chi connectivity index (χ1n) is 10.2. The van der Waals surface area contributed by atoms with E-state index in [-0.39, 0.29) is 18.5 Å². The van der Waals surface area contributed by atoms with E-state index in [4.69, 9.17) is 18.9 Å². The molecule has 0 saturated carbocycles. The van der Waals surface area contributed by atoms with Crippen LogP contribution in [0.1, 0.15) is 24.0 Å². The van der Waals surface area contributed by atoms with Gasteiger partial charge in [-0.15, -0.1) is 6.58 Å². The lowest BCUT2D eigenvalue weighted by molar-refractivity contribution is -0.169. The fraction of sp³-hybridized carbons (Fsp3) is 0.320. The Morgan fingerprint density at radius 2 is 1.67 bits per heavy atom. The van der Waals surface area contributed by atoms with E-state index in [1.165, 1.54) is 0 Å². The number of benzene rings is 2. The Hall–Kier alpha value is -2.89. The third kappa shape index (κ3) is 6.87.